The minimum atomic E-state index is -3.73. The summed E-state index contributed by atoms with van der Waals surface area (Å²) in [5.74, 6) is 1.03. The minimum Gasteiger partial charge on any atom is -0.493 e. The van der Waals surface area contributed by atoms with Gasteiger partial charge in [-0.05, 0) is 42.5 Å². The smallest absolute Gasteiger partial charge is 0.256 e. The predicted octanol–water partition coefficient (Wildman–Crippen LogP) is 1.90. The van der Waals surface area contributed by atoms with Gasteiger partial charge in [0.2, 0.25) is 20.0 Å². The molecule has 0 aliphatic heterocycles. The van der Waals surface area contributed by atoms with Gasteiger partial charge in [-0.15, -0.1) is 0 Å². The molecule has 0 bridgehead atoms. The summed E-state index contributed by atoms with van der Waals surface area (Å²) in [6, 6.07) is 10.3. The van der Waals surface area contributed by atoms with Crippen LogP contribution in [0.1, 0.15) is 0 Å². The van der Waals surface area contributed by atoms with Crippen molar-refractivity contribution in [3.05, 3.63) is 42.5 Å². The van der Waals surface area contributed by atoms with Crippen LogP contribution in [0.15, 0.2) is 61.9 Å². The summed E-state index contributed by atoms with van der Waals surface area (Å²) < 4.78 is 59.2. The number of rotatable bonds is 8. The lowest BCUT2D eigenvalue weighted by molar-refractivity contribution is 0.343. The zero-order valence-electron chi connectivity index (χ0n) is 15.6. The number of thioether (sulfide) groups is 1. The molecule has 0 atom stereocenters. The summed E-state index contributed by atoms with van der Waals surface area (Å²) in [5, 5.41) is 5.44. The number of sulfonamides is 2. The van der Waals surface area contributed by atoms with Crippen molar-refractivity contribution in [1.82, 2.24) is 9.29 Å². The van der Waals surface area contributed by atoms with Crippen molar-refractivity contribution in [3.63, 3.8) is 0 Å². The third-order valence-electron chi connectivity index (χ3n) is 3.85. The number of primary sulfonamides is 1. The van der Waals surface area contributed by atoms with Crippen molar-refractivity contribution < 1.29 is 26.0 Å². The molecule has 0 spiro atoms. The second kappa shape index (κ2) is 8.32. The zero-order chi connectivity index (χ0) is 21.2. The highest BCUT2D eigenvalue weighted by Crippen LogP contribution is 2.26. The van der Waals surface area contributed by atoms with Gasteiger partial charge in [0, 0.05) is 19.8 Å². The van der Waals surface area contributed by atoms with Gasteiger partial charge in [0.1, 0.15) is 11.3 Å². The first kappa shape index (κ1) is 21.6. The minimum absolute atomic E-state index is 0.0151. The maximum Gasteiger partial charge on any atom is 0.256 e. The number of oxazole rings is 1. The van der Waals surface area contributed by atoms with E-state index < -0.39 is 20.0 Å². The lowest BCUT2D eigenvalue weighted by atomic mass is 10.3. The summed E-state index contributed by atoms with van der Waals surface area (Å²) in [4.78, 5) is 4.47. The Hall–Kier alpha value is -2.12. The second-order valence-electron chi connectivity index (χ2n) is 6.11. The van der Waals surface area contributed by atoms with Gasteiger partial charge in [-0.25, -0.2) is 31.3 Å². The van der Waals surface area contributed by atoms with Crippen LogP contribution < -0.4 is 9.88 Å². The maximum absolute atomic E-state index is 12.2. The fourth-order valence-electron chi connectivity index (χ4n) is 2.33. The predicted molar refractivity (Wildman–Crippen MR) is 109 cm³/mol. The van der Waals surface area contributed by atoms with Crippen LogP contribution in [-0.2, 0) is 20.0 Å². The molecule has 0 saturated carbocycles. The molecule has 2 aromatic carbocycles. The van der Waals surface area contributed by atoms with E-state index in [1.54, 1.807) is 6.07 Å². The highest BCUT2D eigenvalue weighted by molar-refractivity contribution is 7.99. The number of hydrogen-bond donors (Lipinski definition) is 1. The van der Waals surface area contributed by atoms with E-state index in [0.717, 1.165) is 4.31 Å². The van der Waals surface area contributed by atoms with E-state index in [9.17, 15) is 16.8 Å². The number of aromatic nitrogens is 1. The summed E-state index contributed by atoms with van der Waals surface area (Å²) in [5.41, 5.74) is 0.944. The molecule has 0 radical (unpaired) electrons. The molecule has 3 aromatic rings. The first-order valence-corrected chi connectivity index (χ1v) is 12.3. The van der Waals surface area contributed by atoms with E-state index >= 15 is 0 Å². The van der Waals surface area contributed by atoms with Crippen molar-refractivity contribution >= 4 is 42.9 Å². The quantitative estimate of drug-likeness (QED) is 0.400. The Balaban J connectivity index is 1.60. The van der Waals surface area contributed by atoms with Gasteiger partial charge >= 0.3 is 0 Å². The first-order valence-electron chi connectivity index (χ1n) is 8.29. The lowest BCUT2D eigenvalue weighted by Gasteiger charge is -2.10. The summed E-state index contributed by atoms with van der Waals surface area (Å²) in [7, 11) is -4.35. The Kier molecular flexibility index (Phi) is 6.19. The van der Waals surface area contributed by atoms with Crippen molar-refractivity contribution in [3.8, 4) is 5.75 Å². The van der Waals surface area contributed by atoms with E-state index in [1.165, 1.54) is 62.3 Å². The monoisotopic (exact) mass is 457 g/mol. The fraction of sp³-hybridized carbons (Fsp3) is 0.235. The van der Waals surface area contributed by atoms with Crippen LogP contribution in [0.5, 0.6) is 5.75 Å². The molecule has 0 amide bonds. The van der Waals surface area contributed by atoms with Crippen LogP contribution in [-0.4, -0.2) is 52.6 Å². The first-order chi connectivity index (χ1) is 13.6. The molecule has 1 aromatic heterocycles. The molecular weight excluding hydrogens is 438 g/mol. The van der Waals surface area contributed by atoms with Crippen molar-refractivity contribution in [1.29, 1.82) is 0 Å². The van der Waals surface area contributed by atoms with E-state index in [1.807, 2.05) is 0 Å². The molecule has 0 fully saturated rings. The number of nitrogens with two attached hydrogens (primary N) is 1. The normalized spacial score (nSPS) is 12.6. The maximum atomic E-state index is 12.2. The van der Waals surface area contributed by atoms with Crippen LogP contribution >= 0.6 is 11.8 Å². The van der Waals surface area contributed by atoms with Gasteiger partial charge in [0.15, 0.2) is 5.58 Å². The topological polar surface area (TPSA) is 133 Å². The largest absolute Gasteiger partial charge is 0.493 e. The Morgan fingerprint density at radius 3 is 2.34 bits per heavy atom. The third kappa shape index (κ3) is 5.08. The van der Waals surface area contributed by atoms with Crippen LogP contribution in [0, 0.1) is 0 Å². The summed E-state index contributed by atoms with van der Waals surface area (Å²) in [6.45, 7) is 0.332. The SMILES string of the molecule is CN(C)S(=O)(=O)c1ccc2oc(SCCOc3ccc(S(N)(=O)=O)cc3)nc2c1. The van der Waals surface area contributed by atoms with Crippen molar-refractivity contribution in [2.24, 2.45) is 5.14 Å². The summed E-state index contributed by atoms with van der Waals surface area (Å²) in [6.07, 6.45) is 0. The van der Waals surface area contributed by atoms with Crippen LogP contribution in [0.4, 0.5) is 0 Å². The Labute approximate surface area is 173 Å². The highest BCUT2D eigenvalue weighted by atomic mass is 32.2. The standard InChI is InChI=1S/C17H19N3O6S3/c1-20(2)29(23,24)14-7-8-16-15(11-14)19-17(26-16)27-10-9-25-12-3-5-13(6-4-12)28(18,21)22/h3-8,11H,9-10H2,1-2H3,(H2,18,21,22). The van der Waals surface area contributed by atoms with Crippen LogP contribution in [0.2, 0.25) is 0 Å². The van der Waals surface area contributed by atoms with Crippen LogP contribution in [0.3, 0.4) is 0 Å². The van der Waals surface area contributed by atoms with E-state index in [4.69, 9.17) is 14.3 Å². The number of hydrogen-bond acceptors (Lipinski definition) is 8. The number of nitrogens with zero attached hydrogens (tertiary/aromatic N) is 2. The van der Waals surface area contributed by atoms with E-state index in [-0.39, 0.29) is 9.79 Å². The molecule has 9 nitrogen and oxygen atoms in total. The Morgan fingerprint density at radius 1 is 1.07 bits per heavy atom. The molecule has 0 unspecified atom stereocenters. The molecule has 0 aliphatic carbocycles. The lowest BCUT2D eigenvalue weighted by Crippen LogP contribution is -2.22. The number of ether oxygens (including phenoxy) is 1. The third-order valence-corrected chi connectivity index (χ3v) is 7.38. The molecule has 0 aliphatic rings. The average Bonchev–Trinajstić information content (AvgIpc) is 3.06. The molecule has 156 valence electrons. The second-order valence-corrected chi connectivity index (χ2v) is 10.9. The van der Waals surface area contributed by atoms with Gasteiger partial charge in [0.25, 0.3) is 5.22 Å². The molecule has 1 heterocycles. The van der Waals surface area contributed by atoms with E-state index in [2.05, 4.69) is 4.98 Å². The number of benzene rings is 2. The Bertz CT molecular complexity index is 1220. The molecule has 2 N–H and O–H groups in total. The fourth-order valence-corrected chi connectivity index (χ4v) is 4.42. The van der Waals surface area contributed by atoms with Crippen LogP contribution in [0.25, 0.3) is 11.1 Å². The Morgan fingerprint density at radius 2 is 1.72 bits per heavy atom. The zero-order valence-corrected chi connectivity index (χ0v) is 18.1. The van der Waals surface area contributed by atoms with Gasteiger partial charge in [-0.3, -0.25) is 0 Å². The molecule has 12 heteroatoms. The average molecular weight is 458 g/mol. The molecule has 3 rings (SSSR count). The van der Waals surface area contributed by atoms with Crippen molar-refractivity contribution in [2.45, 2.75) is 15.0 Å². The van der Waals surface area contributed by atoms with Crippen molar-refractivity contribution in [2.75, 3.05) is 26.5 Å². The molecular formula is C17H19N3O6S3. The van der Waals surface area contributed by atoms with Gasteiger partial charge in [-0.2, -0.15) is 0 Å². The van der Waals surface area contributed by atoms with E-state index in [0.29, 0.717) is 34.4 Å². The van der Waals surface area contributed by atoms with Gasteiger partial charge < -0.3 is 9.15 Å². The summed E-state index contributed by atoms with van der Waals surface area (Å²) >= 11 is 1.31. The molecule has 29 heavy (non-hydrogen) atoms. The highest BCUT2D eigenvalue weighted by Gasteiger charge is 2.19. The van der Waals surface area contributed by atoms with Gasteiger partial charge in [0.05, 0.1) is 16.4 Å². The van der Waals surface area contributed by atoms with Gasteiger partial charge in [-0.1, -0.05) is 11.8 Å². The number of fused-ring (bicyclic) bond motifs is 1. The molecule has 0 saturated heterocycles.